The number of nitrogens with one attached hydrogen (secondary N) is 1. The first kappa shape index (κ1) is 14.6. The maximum absolute atomic E-state index is 10.5. The van der Waals surface area contributed by atoms with Crippen LogP contribution >= 0.6 is 0 Å². The van der Waals surface area contributed by atoms with Crippen LogP contribution in [0.5, 0.6) is 0 Å². The van der Waals surface area contributed by atoms with Gasteiger partial charge in [0.05, 0.1) is 5.60 Å². The van der Waals surface area contributed by atoms with Crippen LogP contribution in [0.1, 0.15) is 31.1 Å². The van der Waals surface area contributed by atoms with Crippen molar-refractivity contribution >= 4 is 11.0 Å². The molecule has 3 rings (SSSR count). The van der Waals surface area contributed by atoms with E-state index in [1.54, 1.807) is 0 Å². The lowest BCUT2D eigenvalue weighted by atomic mass is 9.94. The van der Waals surface area contributed by atoms with E-state index in [0.717, 1.165) is 24.3 Å². The summed E-state index contributed by atoms with van der Waals surface area (Å²) in [7, 11) is 0. The first-order chi connectivity index (χ1) is 10.2. The molecule has 0 unspecified atom stereocenters. The molecule has 0 bridgehead atoms. The van der Waals surface area contributed by atoms with Gasteiger partial charge in [0.2, 0.25) is 0 Å². The summed E-state index contributed by atoms with van der Waals surface area (Å²) < 4.78 is 11.2. The molecule has 1 aromatic carbocycles. The van der Waals surface area contributed by atoms with Crippen LogP contribution in [0, 0.1) is 0 Å². The molecule has 4 nitrogen and oxygen atoms in total. The summed E-state index contributed by atoms with van der Waals surface area (Å²) in [6.45, 7) is 4.72. The van der Waals surface area contributed by atoms with Crippen LogP contribution in [0.15, 0.2) is 28.7 Å². The maximum atomic E-state index is 10.5. The van der Waals surface area contributed by atoms with Gasteiger partial charge in [0.1, 0.15) is 11.3 Å². The molecule has 4 heteroatoms. The van der Waals surface area contributed by atoms with Crippen molar-refractivity contribution in [3.8, 4) is 0 Å². The average molecular weight is 289 g/mol. The number of fused-ring (bicyclic) bond motifs is 1. The van der Waals surface area contributed by atoms with Crippen LogP contribution in [0.25, 0.3) is 11.0 Å². The minimum atomic E-state index is -0.635. The molecule has 1 saturated heterocycles. The molecular weight excluding hydrogens is 266 g/mol. The number of aliphatic hydroxyl groups is 1. The molecule has 114 valence electrons. The molecule has 0 aliphatic carbocycles. The van der Waals surface area contributed by atoms with Crippen molar-refractivity contribution in [2.24, 2.45) is 0 Å². The second-order valence-electron chi connectivity index (χ2n) is 5.79. The number of rotatable bonds is 5. The smallest absolute Gasteiger partial charge is 0.134 e. The summed E-state index contributed by atoms with van der Waals surface area (Å²) in [5, 5.41) is 15.0. The first-order valence-corrected chi connectivity index (χ1v) is 7.72. The Morgan fingerprint density at radius 1 is 1.24 bits per heavy atom. The monoisotopic (exact) mass is 289 g/mol. The minimum absolute atomic E-state index is 0.596. The zero-order valence-electron chi connectivity index (χ0n) is 12.5. The Hall–Kier alpha value is -1.36. The number of hydrogen-bond acceptors (Lipinski definition) is 4. The van der Waals surface area contributed by atoms with Crippen LogP contribution in [-0.2, 0) is 17.7 Å². The van der Waals surface area contributed by atoms with Crippen molar-refractivity contribution in [2.75, 3.05) is 19.8 Å². The van der Waals surface area contributed by atoms with Gasteiger partial charge >= 0.3 is 0 Å². The Morgan fingerprint density at radius 2 is 2.00 bits per heavy atom. The van der Waals surface area contributed by atoms with E-state index in [9.17, 15) is 5.11 Å². The molecule has 2 heterocycles. The van der Waals surface area contributed by atoms with Gasteiger partial charge in [-0.05, 0) is 6.07 Å². The highest BCUT2D eigenvalue weighted by Crippen LogP contribution is 2.26. The van der Waals surface area contributed by atoms with Gasteiger partial charge < -0.3 is 19.6 Å². The number of para-hydroxylation sites is 1. The van der Waals surface area contributed by atoms with Crippen molar-refractivity contribution in [1.29, 1.82) is 0 Å². The lowest BCUT2D eigenvalue weighted by Crippen LogP contribution is -2.44. The Kier molecular flexibility index (Phi) is 4.29. The predicted molar refractivity (Wildman–Crippen MR) is 82.3 cm³/mol. The fourth-order valence-electron chi connectivity index (χ4n) is 2.98. The van der Waals surface area contributed by atoms with E-state index in [0.29, 0.717) is 32.6 Å². The third kappa shape index (κ3) is 3.12. The number of aryl methyl sites for hydroxylation is 1. The molecule has 0 amide bonds. The number of hydrogen-bond donors (Lipinski definition) is 2. The van der Waals surface area contributed by atoms with Crippen LogP contribution in [0.4, 0.5) is 0 Å². The lowest BCUT2D eigenvalue weighted by Gasteiger charge is -2.32. The van der Waals surface area contributed by atoms with Crippen LogP contribution < -0.4 is 5.32 Å². The number of furan rings is 1. The molecule has 1 aliphatic heterocycles. The van der Waals surface area contributed by atoms with Gasteiger partial charge in [-0.15, -0.1) is 0 Å². The van der Waals surface area contributed by atoms with Gasteiger partial charge in [-0.3, -0.25) is 0 Å². The van der Waals surface area contributed by atoms with Crippen molar-refractivity contribution in [3.63, 3.8) is 0 Å². The second-order valence-corrected chi connectivity index (χ2v) is 5.79. The minimum Gasteiger partial charge on any atom is -0.461 e. The highest BCUT2D eigenvalue weighted by molar-refractivity contribution is 5.82. The van der Waals surface area contributed by atoms with E-state index in [2.05, 4.69) is 18.3 Å². The fraction of sp³-hybridized carbons (Fsp3) is 0.529. The quantitative estimate of drug-likeness (QED) is 0.888. The van der Waals surface area contributed by atoms with Gasteiger partial charge in [-0.1, -0.05) is 25.1 Å². The lowest BCUT2D eigenvalue weighted by molar-refractivity contribution is -0.0617. The normalized spacial score (nSPS) is 18.2. The van der Waals surface area contributed by atoms with Crippen LogP contribution in [0.2, 0.25) is 0 Å². The summed E-state index contributed by atoms with van der Waals surface area (Å²) >= 11 is 0. The largest absolute Gasteiger partial charge is 0.461 e. The summed E-state index contributed by atoms with van der Waals surface area (Å²) in [4.78, 5) is 0. The topological polar surface area (TPSA) is 54.6 Å². The second kappa shape index (κ2) is 6.18. The van der Waals surface area contributed by atoms with Gasteiger partial charge in [-0.2, -0.15) is 0 Å². The van der Waals surface area contributed by atoms with Crippen molar-refractivity contribution in [3.05, 3.63) is 35.6 Å². The fourth-order valence-corrected chi connectivity index (χ4v) is 2.98. The van der Waals surface area contributed by atoms with Crippen molar-refractivity contribution in [1.82, 2.24) is 5.32 Å². The van der Waals surface area contributed by atoms with Gasteiger partial charge in [0, 0.05) is 56.5 Å². The van der Waals surface area contributed by atoms with E-state index >= 15 is 0 Å². The Labute approximate surface area is 125 Å². The summed E-state index contributed by atoms with van der Waals surface area (Å²) in [5.41, 5.74) is 1.52. The molecule has 0 spiro atoms. The van der Waals surface area contributed by atoms with E-state index in [1.807, 2.05) is 18.2 Å². The summed E-state index contributed by atoms with van der Waals surface area (Å²) in [5.74, 6) is 1.03. The Bertz CT molecular complexity index is 599. The number of ether oxygens (including phenoxy) is 1. The summed E-state index contributed by atoms with van der Waals surface area (Å²) in [6.07, 6.45) is 2.28. The van der Waals surface area contributed by atoms with E-state index in [-0.39, 0.29) is 0 Å². The van der Waals surface area contributed by atoms with E-state index < -0.39 is 5.60 Å². The SMILES string of the molecule is CCc1oc2ccccc2c1CNCC1(O)CCOCC1. The van der Waals surface area contributed by atoms with Crippen LogP contribution in [-0.4, -0.2) is 30.5 Å². The molecule has 2 aromatic rings. The molecule has 2 N–H and O–H groups in total. The van der Waals surface area contributed by atoms with Gasteiger partial charge in [0.25, 0.3) is 0 Å². The van der Waals surface area contributed by atoms with Crippen molar-refractivity contribution in [2.45, 2.75) is 38.3 Å². The molecule has 0 saturated carbocycles. The molecular formula is C17H23NO3. The third-order valence-electron chi connectivity index (χ3n) is 4.28. The Balaban J connectivity index is 1.70. The molecule has 1 fully saturated rings. The molecule has 1 aliphatic rings. The average Bonchev–Trinajstić information content (AvgIpc) is 2.86. The number of benzene rings is 1. The van der Waals surface area contributed by atoms with Crippen LogP contribution in [0.3, 0.4) is 0 Å². The summed E-state index contributed by atoms with van der Waals surface area (Å²) in [6, 6.07) is 8.13. The molecule has 1 aromatic heterocycles. The van der Waals surface area contributed by atoms with E-state index in [1.165, 1.54) is 10.9 Å². The first-order valence-electron chi connectivity index (χ1n) is 7.72. The zero-order valence-corrected chi connectivity index (χ0v) is 12.5. The zero-order chi connectivity index (χ0) is 14.7. The standard InChI is InChI=1S/C17H23NO3/c1-2-15-14(13-5-3-4-6-16(13)21-15)11-18-12-17(19)7-9-20-10-8-17/h3-6,18-19H,2,7-12H2,1H3. The van der Waals surface area contributed by atoms with Crippen molar-refractivity contribution < 1.29 is 14.3 Å². The van der Waals surface area contributed by atoms with Gasteiger partial charge in [0.15, 0.2) is 0 Å². The third-order valence-corrected chi connectivity index (χ3v) is 4.28. The van der Waals surface area contributed by atoms with E-state index in [4.69, 9.17) is 9.15 Å². The van der Waals surface area contributed by atoms with Gasteiger partial charge in [-0.25, -0.2) is 0 Å². The predicted octanol–water partition coefficient (Wildman–Crippen LogP) is 2.63. The molecule has 0 atom stereocenters. The Morgan fingerprint density at radius 3 is 2.76 bits per heavy atom. The molecule has 21 heavy (non-hydrogen) atoms. The highest BCUT2D eigenvalue weighted by Gasteiger charge is 2.29. The highest BCUT2D eigenvalue weighted by atomic mass is 16.5. The molecule has 0 radical (unpaired) electrons. The maximum Gasteiger partial charge on any atom is 0.134 e.